The van der Waals surface area contributed by atoms with E-state index >= 15 is 0 Å². The van der Waals surface area contributed by atoms with Crippen LogP contribution < -0.4 is 9.47 Å². The third-order valence-electron chi connectivity index (χ3n) is 8.06. The lowest BCUT2D eigenvalue weighted by atomic mass is 9.95. The van der Waals surface area contributed by atoms with E-state index in [0.717, 1.165) is 25.2 Å². The zero-order valence-corrected chi connectivity index (χ0v) is 25.8. The average Bonchev–Trinajstić information content (AvgIpc) is 3.51. The Balaban J connectivity index is 1.58. The summed E-state index contributed by atoms with van der Waals surface area (Å²) in [6.45, 7) is 11.6. The van der Waals surface area contributed by atoms with Crippen molar-refractivity contribution in [1.82, 2.24) is 19.2 Å². The van der Waals surface area contributed by atoms with Crippen LogP contribution in [-0.4, -0.2) is 68.8 Å². The van der Waals surface area contributed by atoms with Gasteiger partial charge < -0.3 is 24.4 Å². The molecule has 2 aromatic carbocycles. The minimum atomic E-state index is -0.817. The number of pyridine rings is 1. The molecule has 1 N–H and O–H groups in total. The van der Waals surface area contributed by atoms with E-state index in [9.17, 15) is 14.7 Å². The molecule has 230 valence electrons. The molecule has 4 aromatic rings. The summed E-state index contributed by atoms with van der Waals surface area (Å²) < 4.78 is 13.9. The highest BCUT2D eigenvalue weighted by atomic mass is 16.5. The summed E-state index contributed by atoms with van der Waals surface area (Å²) >= 11 is 0. The molecule has 1 amide bonds. The van der Waals surface area contributed by atoms with Gasteiger partial charge in [-0.1, -0.05) is 56.3 Å². The topological polar surface area (TPSA) is 96.6 Å². The molecule has 1 atom stereocenters. The first-order chi connectivity index (χ1) is 21.4. The van der Waals surface area contributed by atoms with Crippen LogP contribution in [0.2, 0.25) is 0 Å². The van der Waals surface area contributed by atoms with Crippen molar-refractivity contribution < 1.29 is 24.2 Å². The highest BCUT2D eigenvalue weighted by Gasteiger charge is 2.46. The minimum Gasteiger partial charge on any atom is -0.505 e. The Morgan fingerprint density at radius 1 is 0.955 bits per heavy atom. The number of aliphatic hydroxyl groups excluding tert-OH is 1. The highest BCUT2D eigenvalue weighted by Crippen LogP contribution is 2.42. The third-order valence-corrected chi connectivity index (χ3v) is 8.06. The zero-order chi connectivity index (χ0) is 31.2. The van der Waals surface area contributed by atoms with Crippen molar-refractivity contribution in [2.24, 2.45) is 0 Å². The number of imidazole rings is 1. The number of hydrogen-bond donors (Lipinski definition) is 1. The van der Waals surface area contributed by atoms with E-state index in [1.165, 1.54) is 0 Å². The van der Waals surface area contributed by atoms with Crippen molar-refractivity contribution >= 4 is 23.1 Å². The van der Waals surface area contributed by atoms with Gasteiger partial charge in [-0.25, -0.2) is 4.98 Å². The first-order valence-electron chi connectivity index (χ1n) is 15.3. The van der Waals surface area contributed by atoms with Crippen molar-refractivity contribution in [3.8, 4) is 11.5 Å². The molecule has 2 aromatic heterocycles. The Kier molecular flexibility index (Phi) is 9.65. The lowest BCUT2D eigenvalue weighted by Crippen LogP contribution is -2.33. The molecular formula is C35H40N4O5. The number of aliphatic hydroxyl groups is 1. The summed E-state index contributed by atoms with van der Waals surface area (Å²) in [6, 6.07) is 20.0. The van der Waals surface area contributed by atoms with E-state index in [2.05, 4.69) is 23.7 Å². The van der Waals surface area contributed by atoms with Gasteiger partial charge >= 0.3 is 0 Å². The van der Waals surface area contributed by atoms with Crippen LogP contribution in [0.5, 0.6) is 11.5 Å². The molecule has 5 rings (SSSR count). The van der Waals surface area contributed by atoms with Crippen LogP contribution in [0, 0.1) is 6.92 Å². The monoisotopic (exact) mass is 596 g/mol. The maximum Gasteiger partial charge on any atom is 0.295 e. The molecule has 9 nitrogen and oxygen atoms in total. The second kappa shape index (κ2) is 13.8. The number of carbonyl (C=O) groups excluding carboxylic acids is 2. The van der Waals surface area contributed by atoms with E-state index in [-0.39, 0.29) is 11.3 Å². The maximum absolute atomic E-state index is 13.7. The fourth-order valence-electron chi connectivity index (χ4n) is 5.81. The van der Waals surface area contributed by atoms with Crippen molar-refractivity contribution in [3.63, 3.8) is 0 Å². The Morgan fingerprint density at radius 3 is 2.43 bits per heavy atom. The van der Waals surface area contributed by atoms with Gasteiger partial charge in [0.1, 0.15) is 17.9 Å². The SMILES string of the molecule is CCOc1cc(C2/C(=C(\O)c3c(C)nc4ccccn34)C(=O)C(=O)N2CCCN(CC)CC)ccc1OCc1ccccc1. The average molecular weight is 597 g/mol. The Labute approximate surface area is 258 Å². The fraction of sp³-hybridized carbons (Fsp3) is 0.343. The summed E-state index contributed by atoms with van der Waals surface area (Å²) in [5.41, 5.74) is 3.28. The molecule has 0 bridgehead atoms. The molecule has 0 saturated carbocycles. The maximum atomic E-state index is 13.7. The molecular weight excluding hydrogens is 556 g/mol. The van der Waals surface area contributed by atoms with Gasteiger partial charge in [0.25, 0.3) is 11.7 Å². The van der Waals surface area contributed by atoms with E-state index in [4.69, 9.17) is 9.47 Å². The number of fused-ring (bicyclic) bond motifs is 1. The van der Waals surface area contributed by atoms with Crippen LogP contribution in [0.15, 0.2) is 78.5 Å². The number of likely N-dealkylation sites (tertiary alicyclic amines) is 1. The third kappa shape index (κ3) is 6.19. The van der Waals surface area contributed by atoms with Crippen LogP contribution in [0.3, 0.4) is 0 Å². The number of aryl methyl sites for hydroxylation is 1. The van der Waals surface area contributed by atoms with Crippen LogP contribution in [0.25, 0.3) is 11.4 Å². The van der Waals surface area contributed by atoms with E-state index < -0.39 is 17.7 Å². The normalized spacial score (nSPS) is 16.3. The van der Waals surface area contributed by atoms with Gasteiger partial charge in [-0.3, -0.25) is 14.0 Å². The van der Waals surface area contributed by atoms with Crippen molar-refractivity contribution in [1.29, 1.82) is 0 Å². The van der Waals surface area contributed by atoms with Gasteiger partial charge in [-0.2, -0.15) is 0 Å². The number of ether oxygens (including phenoxy) is 2. The van der Waals surface area contributed by atoms with Crippen LogP contribution in [-0.2, 0) is 16.2 Å². The summed E-state index contributed by atoms with van der Waals surface area (Å²) in [6.07, 6.45) is 2.46. The number of hydrogen-bond acceptors (Lipinski definition) is 7. The predicted octanol–water partition coefficient (Wildman–Crippen LogP) is 5.77. The minimum absolute atomic E-state index is 0.0343. The smallest absolute Gasteiger partial charge is 0.295 e. The zero-order valence-electron chi connectivity index (χ0n) is 25.8. The van der Waals surface area contributed by atoms with Crippen LogP contribution in [0.4, 0.5) is 0 Å². The first kappa shape index (κ1) is 30.8. The lowest BCUT2D eigenvalue weighted by Gasteiger charge is -2.27. The molecule has 0 spiro atoms. The number of rotatable bonds is 13. The van der Waals surface area contributed by atoms with Gasteiger partial charge in [0.2, 0.25) is 0 Å². The summed E-state index contributed by atoms with van der Waals surface area (Å²) in [7, 11) is 0. The van der Waals surface area contributed by atoms with Crippen LogP contribution in [0.1, 0.15) is 55.7 Å². The predicted molar refractivity (Wildman–Crippen MR) is 170 cm³/mol. The largest absolute Gasteiger partial charge is 0.505 e. The summed E-state index contributed by atoms with van der Waals surface area (Å²) in [4.78, 5) is 35.8. The second-order valence-electron chi connectivity index (χ2n) is 10.8. The molecule has 1 aliphatic rings. The Hall–Kier alpha value is -4.63. The molecule has 44 heavy (non-hydrogen) atoms. The van der Waals surface area contributed by atoms with E-state index in [1.54, 1.807) is 28.5 Å². The molecule has 9 heteroatoms. The van der Waals surface area contributed by atoms with E-state index in [0.29, 0.717) is 60.3 Å². The molecule has 1 fully saturated rings. The number of Topliss-reactive ketones (excluding diaryl/α,β-unsaturated/α-hetero) is 1. The number of nitrogens with zero attached hydrogens (tertiary/aromatic N) is 4. The molecule has 1 unspecified atom stereocenters. The number of ketones is 1. The van der Waals surface area contributed by atoms with Gasteiger partial charge in [-0.05, 0) is 75.3 Å². The number of aromatic nitrogens is 2. The van der Waals surface area contributed by atoms with Crippen molar-refractivity contribution in [3.05, 3.63) is 101 Å². The van der Waals surface area contributed by atoms with Crippen LogP contribution >= 0.6 is 0 Å². The first-order valence-corrected chi connectivity index (χ1v) is 15.3. The Morgan fingerprint density at radius 2 is 1.70 bits per heavy atom. The number of amides is 1. The van der Waals surface area contributed by atoms with Crippen molar-refractivity contribution in [2.75, 3.05) is 32.8 Å². The highest BCUT2D eigenvalue weighted by molar-refractivity contribution is 6.46. The van der Waals surface area contributed by atoms with Gasteiger partial charge in [0, 0.05) is 12.7 Å². The molecule has 3 heterocycles. The summed E-state index contributed by atoms with van der Waals surface area (Å²) in [5, 5.41) is 11.8. The number of benzene rings is 2. The second-order valence-corrected chi connectivity index (χ2v) is 10.8. The van der Waals surface area contributed by atoms with Gasteiger partial charge in [-0.15, -0.1) is 0 Å². The molecule has 0 radical (unpaired) electrons. The van der Waals surface area contributed by atoms with E-state index in [1.807, 2.05) is 67.6 Å². The molecule has 1 saturated heterocycles. The summed E-state index contributed by atoms with van der Waals surface area (Å²) in [5.74, 6) is -0.553. The quantitative estimate of drug-likeness (QED) is 0.119. The lowest BCUT2D eigenvalue weighted by molar-refractivity contribution is -0.140. The Bertz CT molecular complexity index is 1660. The fourth-order valence-corrected chi connectivity index (χ4v) is 5.81. The molecule has 1 aliphatic heterocycles. The standard InChI is InChI=1S/C35H40N4O5/c1-5-37(6-2)19-13-21-39-32(26-17-18-27(28(22-26)43-7-3)44-23-25-14-9-8-10-15-25)30(34(41)35(39)42)33(40)31-24(4)36-29-16-11-12-20-38(29)31/h8-12,14-18,20,22,32,40H,5-7,13,19,21,23H2,1-4H3/b33-30+. The van der Waals surface area contributed by atoms with Gasteiger partial charge in [0.15, 0.2) is 17.3 Å². The molecule has 0 aliphatic carbocycles. The van der Waals surface area contributed by atoms with Crippen molar-refractivity contribution in [2.45, 2.75) is 46.8 Å². The number of carbonyl (C=O) groups is 2. The van der Waals surface area contributed by atoms with Gasteiger partial charge in [0.05, 0.1) is 23.9 Å².